The van der Waals surface area contributed by atoms with Crippen molar-refractivity contribution in [3.05, 3.63) is 48.3 Å². The van der Waals surface area contributed by atoms with Crippen LogP contribution in [0.15, 0.2) is 37.2 Å². The maximum atomic E-state index is 13.2. The first-order valence-corrected chi connectivity index (χ1v) is 11.7. The molecule has 0 unspecified atom stereocenters. The minimum atomic E-state index is -0.0533. The number of unbranched alkanes of at least 4 members (excludes halogenated alkanes) is 7. The first-order chi connectivity index (χ1) is 15.1. The van der Waals surface area contributed by atoms with Crippen molar-refractivity contribution in [3.8, 4) is 0 Å². The zero-order valence-corrected chi connectivity index (χ0v) is 19.1. The molecule has 1 N–H and O–H groups in total. The zero-order chi connectivity index (χ0) is 22.1. The van der Waals surface area contributed by atoms with Crippen LogP contribution in [-0.2, 0) is 0 Å². The van der Waals surface area contributed by atoms with E-state index in [9.17, 15) is 4.79 Å². The van der Waals surface area contributed by atoms with Crippen LogP contribution in [0.5, 0.6) is 0 Å². The van der Waals surface area contributed by atoms with Gasteiger partial charge in [-0.1, -0.05) is 51.9 Å². The highest BCUT2D eigenvalue weighted by atomic mass is 16.1. The molecule has 0 bridgehead atoms. The molecule has 0 aliphatic heterocycles. The third kappa shape index (κ3) is 6.12. The van der Waals surface area contributed by atoms with E-state index < -0.39 is 0 Å². The Bertz CT molecular complexity index is 979. The number of carbonyl (C=O) groups excluding carboxylic acids is 1. The minimum absolute atomic E-state index is 0.0533. The Hall–Kier alpha value is -2.76. The van der Waals surface area contributed by atoms with E-state index >= 15 is 0 Å². The summed E-state index contributed by atoms with van der Waals surface area (Å²) in [5.74, 6) is -0.0533. The van der Waals surface area contributed by atoms with Crippen LogP contribution >= 0.6 is 0 Å². The van der Waals surface area contributed by atoms with Gasteiger partial charge in [0.25, 0.3) is 0 Å². The van der Waals surface area contributed by atoms with Gasteiger partial charge in [0, 0.05) is 48.3 Å². The Morgan fingerprint density at radius 2 is 1.74 bits per heavy atom. The Morgan fingerprint density at radius 1 is 1.00 bits per heavy atom. The fourth-order valence-corrected chi connectivity index (χ4v) is 3.87. The van der Waals surface area contributed by atoms with E-state index in [0.29, 0.717) is 11.1 Å². The topological polar surface area (TPSA) is 72.7 Å². The lowest BCUT2D eigenvalue weighted by Crippen LogP contribution is -2.06. The van der Waals surface area contributed by atoms with Crippen LogP contribution in [0.2, 0.25) is 0 Å². The lowest BCUT2D eigenvalue weighted by atomic mass is 10.1. The summed E-state index contributed by atoms with van der Waals surface area (Å²) in [6, 6.07) is 2.10. The van der Waals surface area contributed by atoms with Crippen molar-refractivity contribution in [2.24, 2.45) is 0 Å². The molecule has 0 spiro atoms. The number of nitrogens with one attached hydrogen (secondary N) is 1. The van der Waals surface area contributed by atoms with Crippen molar-refractivity contribution < 1.29 is 4.79 Å². The van der Waals surface area contributed by atoms with Crippen molar-refractivity contribution in [2.75, 3.05) is 11.9 Å². The van der Waals surface area contributed by atoms with Crippen molar-refractivity contribution in [2.45, 2.75) is 78.2 Å². The van der Waals surface area contributed by atoms with Crippen molar-refractivity contribution in [3.63, 3.8) is 0 Å². The van der Waals surface area contributed by atoms with Gasteiger partial charge in [0.1, 0.15) is 12.0 Å². The molecule has 0 aliphatic rings. The van der Waals surface area contributed by atoms with Crippen LogP contribution < -0.4 is 5.32 Å². The number of anilines is 1. The van der Waals surface area contributed by atoms with Gasteiger partial charge in [-0.25, -0.2) is 9.97 Å². The number of nitrogens with zero attached hydrogens (tertiary/aromatic N) is 4. The molecule has 3 aromatic heterocycles. The summed E-state index contributed by atoms with van der Waals surface area (Å²) in [6.45, 7) is 7.30. The van der Waals surface area contributed by atoms with E-state index in [0.717, 1.165) is 29.7 Å². The summed E-state index contributed by atoms with van der Waals surface area (Å²) >= 11 is 0. The smallest absolute Gasteiger partial charge is 0.196 e. The van der Waals surface area contributed by atoms with E-state index in [2.05, 4.69) is 41.0 Å². The monoisotopic (exact) mass is 421 g/mol. The largest absolute Gasteiger partial charge is 0.384 e. The maximum absolute atomic E-state index is 13.2. The second kappa shape index (κ2) is 11.6. The second-order valence-electron chi connectivity index (χ2n) is 8.50. The highest BCUT2D eigenvalue weighted by Gasteiger charge is 2.19. The molecule has 3 rings (SSSR count). The molecule has 0 atom stereocenters. The SMILES string of the molecule is CCCCCCCCCCNc1cncc(C(=O)c2cn(C(C)C)c3ncncc23)c1. The van der Waals surface area contributed by atoms with Crippen molar-refractivity contribution >= 4 is 22.5 Å². The molecular formula is C25H35N5O. The fourth-order valence-electron chi connectivity index (χ4n) is 3.87. The summed E-state index contributed by atoms with van der Waals surface area (Å²) in [7, 11) is 0. The Morgan fingerprint density at radius 3 is 2.48 bits per heavy atom. The van der Waals surface area contributed by atoms with E-state index in [1.807, 2.05) is 16.8 Å². The number of carbonyl (C=O) groups is 1. The third-order valence-electron chi connectivity index (χ3n) is 5.66. The summed E-state index contributed by atoms with van der Waals surface area (Å²) < 4.78 is 2.02. The van der Waals surface area contributed by atoms with Gasteiger partial charge >= 0.3 is 0 Å². The molecule has 166 valence electrons. The average molecular weight is 422 g/mol. The van der Waals surface area contributed by atoms with E-state index in [4.69, 9.17) is 0 Å². The highest BCUT2D eigenvalue weighted by Crippen LogP contribution is 2.25. The molecule has 0 saturated carbocycles. The fraction of sp³-hybridized carbons (Fsp3) is 0.520. The van der Waals surface area contributed by atoms with Crippen LogP contribution in [-0.4, -0.2) is 31.8 Å². The number of hydrogen-bond donors (Lipinski definition) is 1. The Kier molecular flexibility index (Phi) is 8.56. The summed E-state index contributed by atoms with van der Waals surface area (Å²) in [6.07, 6.45) is 18.9. The predicted molar refractivity (Wildman–Crippen MR) is 127 cm³/mol. The number of fused-ring (bicyclic) bond motifs is 1. The van der Waals surface area contributed by atoms with Crippen LogP contribution in [0.3, 0.4) is 0 Å². The van der Waals surface area contributed by atoms with Crippen LogP contribution in [0.25, 0.3) is 11.0 Å². The Labute approximate surface area is 185 Å². The van der Waals surface area contributed by atoms with Gasteiger partial charge in [0.15, 0.2) is 5.78 Å². The number of pyridine rings is 1. The number of rotatable bonds is 13. The predicted octanol–water partition coefficient (Wildman–Crippen LogP) is 6.19. The standard InChI is InChI=1S/C25H35N5O/c1-4-5-6-7-8-9-10-11-12-28-21-13-20(14-26-15-21)24(31)23-17-30(19(2)3)25-22(23)16-27-18-29-25/h13-19,28H,4-12H2,1-3H3. The first-order valence-electron chi connectivity index (χ1n) is 11.7. The van der Waals surface area contributed by atoms with Gasteiger partial charge in [-0.15, -0.1) is 0 Å². The van der Waals surface area contributed by atoms with E-state index in [-0.39, 0.29) is 11.8 Å². The third-order valence-corrected chi connectivity index (χ3v) is 5.66. The van der Waals surface area contributed by atoms with Crippen molar-refractivity contribution in [1.29, 1.82) is 0 Å². The average Bonchev–Trinajstić information content (AvgIpc) is 3.18. The molecule has 0 aliphatic carbocycles. The Balaban J connectivity index is 1.58. The normalized spacial score (nSPS) is 11.4. The molecule has 0 fully saturated rings. The van der Waals surface area contributed by atoms with E-state index in [1.54, 1.807) is 18.6 Å². The van der Waals surface area contributed by atoms with Crippen LogP contribution in [0, 0.1) is 0 Å². The lowest BCUT2D eigenvalue weighted by molar-refractivity contribution is 0.103. The number of ketones is 1. The van der Waals surface area contributed by atoms with Gasteiger partial charge in [-0.2, -0.15) is 0 Å². The van der Waals surface area contributed by atoms with Gasteiger partial charge < -0.3 is 9.88 Å². The first kappa shape index (κ1) is 22.9. The summed E-state index contributed by atoms with van der Waals surface area (Å²) in [5.41, 5.74) is 2.86. The molecular weight excluding hydrogens is 386 g/mol. The van der Waals surface area contributed by atoms with Gasteiger partial charge in [0.05, 0.1) is 11.3 Å². The number of hydrogen-bond acceptors (Lipinski definition) is 5. The molecule has 0 amide bonds. The van der Waals surface area contributed by atoms with Gasteiger partial charge in [0.2, 0.25) is 0 Å². The van der Waals surface area contributed by atoms with Crippen molar-refractivity contribution in [1.82, 2.24) is 19.5 Å². The molecule has 0 saturated heterocycles. The summed E-state index contributed by atoms with van der Waals surface area (Å²) in [5, 5.41) is 4.19. The maximum Gasteiger partial charge on any atom is 0.196 e. The minimum Gasteiger partial charge on any atom is -0.384 e. The zero-order valence-electron chi connectivity index (χ0n) is 19.1. The molecule has 3 heterocycles. The quantitative estimate of drug-likeness (QED) is 0.263. The van der Waals surface area contributed by atoms with E-state index in [1.165, 1.54) is 51.3 Å². The molecule has 31 heavy (non-hydrogen) atoms. The number of aromatic nitrogens is 4. The molecule has 0 radical (unpaired) electrons. The lowest BCUT2D eigenvalue weighted by Gasteiger charge is -2.08. The van der Waals surface area contributed by atoms with Crippen LogP contribution in [0.4, 0.5) is 5.69 Å². The summed E-state index contributed by atoms with van der Waals surface area (Å²) in [4.78, 5) is 26.0. The van der Waals surface area contributed by atoms with Gasteiger partial charge in [-0.3, -0.25) is 9.78 Å². The van der Waals surface area contributed by atoms with Gasteiger partial charge in [-0.05, 0) is 26.3 Å². The molecule has 3 aromatic rings. The molecule has 6 heteroatoms. The second-order valence-corrected chi connectivity index (χ2v) is 8.50. The van der Waals surface area contributed by atoms with Crippen LogP contribution in [0.1, 0.15) is 94.1 Å². The highest BCUT2D eigenvalue weighted by molar-refractivity contribution is 6.16. The molecule has 0 aromatic carbocycles. The molecule has 6 nitrogen and oxygen atoms in total.